The van der Waals surface area contributed by atoms with Gasteiger partial charge in [-0.25, -0.2) is 0 Å². The highest BCUT2D eigenvalue weighted by Gasteiger charge is 2.22. The first-order chi connectivity index (χ1) is 17.5. The van der Waals surface area contributed by atoms with Crippen molar-refractivity contribution in [2.24, 2.45) is 0 Å². The molecule has 1 aromatic heterocycles. The molecule has 9 nitrogen and oxygen atoms in total. The van der Waals surface area contributed by atoms with Gasteiger partial charge < -0.3 is 29.7 Å². The summed E-state index contributed by atoms with van der Waals surface area (Å²) in [6.07, 6.45) is 7.13. The lowest BCUT2D eigenvalue weighted by Crippen LogP contribution is -2.41. The van der Waals surface area contributed by atoms with E-state index in [1.807, 2.05) is 18.2 Å². The number of amides is 2. The van der Waals surface area contributed by atoms with Gasteiger partial charge in [-0.15, -0.1) is 0 Å². The number of carbonyl (C=O) groups excluding carboxylic acids is 2. The average molecular weight is 493 g/mol. The quantitative estimate of drug-likeness (QED) is 0.490. The molecule has 0 spiro atoms. The number of benzene rings is 2. The minimum Gasteiger partial charge on any atom is -0.493 e. The Morgan fingerprint density at radius 1 is 0.944 bits per heavy atom. The summed E-state index contributed by atoms with van der Waals surface area (Å²) in [5.41, 5.74) is 2.08. The molecule has 1 aliphatic heterocycles. The number of rotatable bonds is 8. The van der Waals surface area contributed by atoms with Gasteiger partial charge in [-0.3, -0.25) is 14.6 Å². The van der Waals surface area contributed by atoms with Crippen molar-refractivity contribution in [1.29, 1.82) is 0 Å². The van der Waals surface area contributed by atoms with E-state index in [1.165, 1.54) is 40.6 Å². The summed E-state index contributed by atoms with van der Waals surface area (Å²) < 4.78 is 16.0. The molecular formula is C27H32N4O5. The molecule has 3 aromatic rings. The van der Waals surface area contributed by atoms with Crippen molar-refractivity contribution >= 4 is 34.0 Å². The van der Waals surface area contributed by atoms with E-state index in [1.54, 1.807) is 31.5 Å². The zero-order chi connectivity index (χ0) is 25.7. The summed E-state index contributed by atoms with van der Waals surface area (Å²) in [6, 6.07) is 8.21. The molecule has 2 heterocycles. The maximum atomic E-state index is 13.0. The molecule has 1 unspecified atom stereocenters. The number of piperidine rings is 1. The topological polar surface area (TPSA) is 102 Å². The summed E-state index contributed by atoms with van der Waals surface area (Å²) in [6.45, 7) is 3.67. The van der Waals surface area contributed by atoms with Crippen LogP contribution in [-0.4, -0.2) is 57.3 Å². The van der Waals surface area contributed by atoms with E-state index in [4.69, 9.17) is 14.2 Å². The Morgan fingerprint density at radius 2 is 1.64 bits per heavy atom. The summed E-state index contributed by atoms with van der Waals surface area (Å²) in [5.74, 6) is 0.310. The molecule has 2 aromatic carbocycles. The fourth-order valence-electron chi connectivity index (χ4n) is 4.49. The van der Waals surface area contributed by atoms with Crippen LogP contribution in [0.25, 0.3) is 10.8 Å². The van der Waals surface area contributed by atoms with Crippen molar-refractivity contribution in [3.8, 4) is 17.2 Å². The number of pyridine rings is 1. The van der Waals surface area contributed by atoms with Gasteiger partial charge in [0.25, 0.3) is 5.91 Å². The van der Waals surface area contributed by atoms with Gasteiger partial charge >= 0.3 is 0 Å². The van der Waals surface area contributed by atoms with Crippen LogP contribution < -0.4 is 29.7 Å². The number of hydrogen-bond donors (Lipinski definition) is 2. The fraction of sp³-hybridized carbons (Fsp3) is 0.370. The standard InChI is InChI=1S/C27H32N4O5/c1-17(29-27(33)18-14-23(34-2)25(36-4)24(15-18)35-3)26(32)30-21-8-9-22(31-12-6-5-7-13-31)19-10-11-28-16-20(19)21/h8-11,14-17H,5-7,12-13H2,1-4H3,(H,29,33)(H,30,32). The second kappa shape index (κ2) is 11.2. The fourth-order valence-corrected chi connectivity index (χ4v) is 4.49. The zero-order valence-electron chi connectivity index (χ0n) is 21.1. The highest BCUT2D eigenvalue weighted by Crippen LogP contribution is 2.38. The summed E-state index contributed by atoms with van der Waals surface area (Å²) in [7, 11) is 4.44. The maximum absolute atomic E-state index is 13.0. The molecule has 0 aliphatic carbocycles. The summed E-state index contributed by atoms with van der Waals surface area (Å²) >= 11 is 0. The summed E-state index contributed by atoms with van der Waals surface area (Å²) in [5, 5.41) is 7.59. The Hall–Kier alpha value is -4.01. The Bertz CT molecular complexity index is 1230. The van der Waals surface area contributed by atoms with E-state index in [0.717, 1.165) is 29.5 Å². The van der Waals surface area contributed by atoms with Crippen molar-refractivity contribution in [3.63, 3.8) is 0 Å². The van der Waals surface area contributed by atoms with Gasteiger partial charge in [0.1, 0.15) is 6.04 Å². The maximum Gasteiger partial charge on any atom is 0.252 e. The Balaban J connectivity index is 1.51. The van der Waals surface area contributed by atoms with Crippen LogP contribution in [0.1, 0.15) is 36.5 Å². The van der Waals surface area contributed by atoms with Crippen molar-refractivity contribution in [2.75, 3.05) is 44.6 Å². The number of aromatic nitrogens is 1. The Morgan fingerprint density at radius 3 is 2.28 bits per heavy atom. The normalized spacial score (nSPS) is 14.2. The van der Waals surface area contributed by atoms with Gasteiger partial charge in [0.05, 0.1) is 27.0 Å². The highest BCUT2D eigenvalue weighted by atomic mass is 16.5. The van der Waals surface area contributed by atoms with Gasteiger partial charge in [-0.1, -0.05) is 0 Å². The van der Waals surface area contributed by atoms with Gasteiger partial charge in [0.15, 0.2) is 11.5 Å². The molecule has 1 saturated heterocycles. The average Bonchev–Trinajstić information content (AvgIpc) is 2.92. The largest absolute Gasteiger partial charge is 0.493 e. The minimum atomic E-state index is -0.801. The number of ether oxygens (including phenoxy) is 3. The third-order valence-electron chi connectivity index (χ3n) is 6.42. The van der Waals surface area contributed by atoms with E-state index in [9.17, 15) is 9.59 Å². The molecule has 2 amide bonds. The second-order valence-electron chi connectivity index (χ2n) is 8.70. The molecule has 1 atom stereocenters. The lowest BCUT2D eigenvalue weighted by atomic mass is 10.0. The van der Waals surface area contributed by atoms with E-state index < -0.39 is 11.9 Å². The van der Waals surface area contributed by atoms with E-state index in [-0.39, 0.29) is 11.5 Å². The zero-order valence-corrected chi connectivity index (χ0v) is 21.1. The Labute approximate surface area is 210 Å². The van der Waals surface area contributed by atoms with Crippen molar-refractivity contribution < 1.29 is 23.8 Å². The first kappa shape index (κ1) is 25.1. The number of fused-ring (bicyclic) bond motifs is 1. The van der Waals surface area contributed by atoms with Crippen LogP contribution in [0.15, 0.2) is 42.7 Å². The van der Waals surface area contributed by atoms with E-state index >= 15 is 0 Å². The molecule has 36 heavy (non-hydrogen) atoms. The highest BCUT2D eigenvalue weighted by molar-refractivity contribution is 6.08. The number of nitrogens with one attached hydrogen (secondary N) is 2. The van der Waals surface area contributed by atoms with Crippen LogP contribution in [-0.2, 0) is 4.79 Å². The third kappa shape index (κ3) is 5.15. The molecule has 1 aliphatic rings. The number of nitrogens with zero attached hydrogens (tertiary/aromatic N) is 2. The Kier molecular flexibility index (Phi) is 7.77. The van der Waals surface area contributed by atoms with Gasteiger partial charge in [-0.05, 0) is 56.5 Å². The first-order valence-electron chi connectivity index (χ1n) is 12.0. The number of anilines is 2. The third-order valence-corrected chi connectivity index (χ3v) is 6.42. The van der Waals surface area contributed by atoms with Crippen LogP contribution in [0.5, 0.6) is 17.2 Å². The first-order valence-corrected chi connectivity index (χ1v) is 12.0. The smallest absolute Gasteiger partial charge is 0.252 e. The molecular weight excluding hydrogens is 460 g/mol. The lowest BCUT2D eigenvalue weighted by Gasteiger charge is -2.30. The van der Waals surface area contributed by atoms with Crippen LogP contribution in [0.4, 0.5) is 11.4 Å². The SMILES string of the molecule is COc1cc(C(=O)NC(C)C(=O)Nc2ccc(N3CCCCC3)c3ccncc23)cc(OC)c1OC. The number of methoxy groups -OCH3 is 3. The molecule has 9 heteroatoms. The molecule has 1 fully saturated rings. The van der Waals surface area contributed by atoms with Crippen LogP contribution in [0, 0.1) is 0 Å². The predicted octanol–water partition coefficient (Wildman–Crippen LogP) is 4.01. The van der Waals surface area contributed by atoms with Gasteiger partial charge in [0.2, 0.25) is 11.7 Å². The van der Waals surface area contributed by atoms with Crippen molar-refractivity contribution in [2.45, 2.75) is 32.2 Å². The van der Waals surface area contributed by atoms with E-state index in [0.29, 0.717) is 22.9 Å². The minimum absolute atomic E-state index is 0.282. The van der Waals surface area contributed by atoms with Crippen LogP contribution in [0.3, 0.4) is 0 Å². The van der Waals surface area contributed by atoms with Gasteiger partial charge in [0, 0.05) is 47.5 Å². The second-order valence-corrected chi connectivity index (χ2v) is 8.70. The molecule has 190 valence electrons. The lowest BCUT2D eigenvalue weighted by molar-refractivity contribution is -0.117. The predicted molar refractivity (Wildman–Crippen MR) is 139 cm³/mol. The van der Waals surface area contributed by atoms with E-state index in [2.05, 4.69) is 20.5 Å². The van der Waals surface area contributed by atoms with Crippen molar-refractivity contribution in [3.05, 3.63) is 48.3 Å². The number of carbonyl (C=O) groups is 2. The molecule has 4 rings (SSSR count). The summed E-state index contributed by atoms with van der Waals surface area (Å²) in [4.78, 5) is 32.6. The number of hydrogen-bond acceptors (Lipinski definition) is 7. The van der Waals surface area contributed by atoms with Crippen LogP contribution >= 0.6 is 0 Å². The van der Waals surface area contributed by atoms with Crippen LogP contribution in [0.2, 0.25) is 0 Å². The molecule has 0 bridgehead atoms. The molecule has 0 radical (unpaired) electrons. The van der Waals surface area contributed by atoms with Crippen molar-refractivity contribution in [1.82, 2.24) is 10.3 Å². The monoisotopic (exact) mass is 492 g/mol. The van der Waals surface area contributed by atoms with Gasteiger partial charge in [-0.2, -0.15) is 0 Å². The molecule has 0 saturated carbocycles. The molecule has 2 N–H and O–H groups in total.